The standard InChI is InChI=1S/C13H15ClFNO3/c1-8-7-19-10(6-17)5-16(8)13(18)9-2-3-12(15)11(14)4-9/h2-4,8,10,17H,5-7H2,1H3/t8-,10-/m1/s1. The number of hydrogen-bond donors (Lipinski definition) is 1. The lowest BCUT2D eigenvalue weighted by molar-refractivity contribution is -0.0667. The zero-order valence-corrected chi connectivity index (χ0v) is 11.2. The number of ether oxygens (including phenoxy) is 1. The number of hydrogen-bond acceptors (Lipinski definition) is 3. The number of nitrogens with zero attached hydrogens (tertiary/aromatic N) is 1. The monoisotopic (exact) mass is 287 g/mol. The number of benzene rings is 1. The number of carbonyl (C=O) groups is 1. The summed E-state index contributed by atoms with van der Waals surface area (Å²) in [5.74, 6) is -0.794. The van der Waals surface area contributed by atoms with E-state index in [1.54, 1.807) is 4.90 Å². The van der Waals surface area contributed by atoms with E-state index in [2.05, 4.69) is 0 Å². The molecule has 1 N–H and O–H groups in total. The van der Waals surface area contributed by atoms with E-state index in [4.69, 9.17) is 21.4 Å². The second-order valence-electron chi connectivity index (χ2n) is 4.57. The van der Waals surface area contributed by atoms with Crippen molar-refractivity contribution in [3.05, 3.63) is 34.6 Å². The largest absolute Gasteiger partial charge is 0.394 e. The summed E-state index contributed by atoms with van der Waals surface area (Å²) < 4.78 is 18.5. The van der Waals surface area contributed by atoms with Gasteiger partial charge >= 0.3 is 0 Å². The van der Waals surface area contributed by atoms with Gasteiger partial charge in [-0.1, -0.05) is 11.6 Å². The van der Waals surface area contributed by atoms with Crippen molar-refractivity contribution in [3.63, 3.8) is 0 Å². The molecule has 1 aromatic rings. The third-order valence-electron chi connectivity index (χ3n) is 3.14. The van der Waals surface area contributed by atoms with Crippen LogP contribution in [0.5, 0.6) is 0 Å². The van der Waals surface area contributed by atoms with Gasteiger partial charge in [-0.05, 0) is 25.1 Å². The first-order chi connectivity index (χ1) is 9.02. The van der Waals surface area contributed by atoms with Gasteiger partial charge in [0.05, 0.1) is 30.4 Å². The highest BCUT2D eigenvalue weighted by molar-refractivity contribution is 6.31. The van der Waals surface area contributed by atoms with Crippen LogP contribution >= 0.6 is 11.6 Å². The van der Waals surface area contributed by atoms with Gasteiger partial charge in [-0.15, -0.1) is 0 Å². The number of morpholine rings is 1. The predicted octanol–water partition coefficient (Wildman–Crippen LogP) is 1.70. The van der Waals surface area contributed by atoms with Crippen LogP contribution in [-0.4, -0.2) is 47.8 Å². The van der Waals surface area contributed by atoms with Crippen LogP contribution in [0.15, 0.2) is 18.2 Å². The van der Waals surface area contributed by atoms with Gasteiger partial charge in [0.2, 0.25) is 0 Å². The molecule has 0 bridgehead atoms. The Hall–Kier alpha value is -1.17. The normalized spacial score (nSPS) is 23.5. The van der Waals surface area contributed by atoms with Crippen LogP contribution < -0.4 is 0 Å². The van der Waals surface area contributed by atoms with Crippen molar-refractivity contribution in [2.24, 2.45) is 0 Å². The summed E-state index contributed by atoms with van der Waals surface area (Å²) in [4.78, 5) is 13.9. The molecular formula is C13H15ClFNO3. The fourth-order valence-electron chi connectivity index (χ4n) is 2.01. The molecular weight excluding hydrogens is 273 g/mol. The summed E-state index contributed by atoms with van der Waals surface area (Å²) in [6.45, 7) is 2.40. The zero-order valence-electron chi connectivity index (χ0n) is 10.5. The molecule has 1 aliphatic rings. The Morgan fingerprint density at radius 1 is 1.63 bits per heavy atom. The maximum absolute atomic E-state index is 13.1. The zero-order chi connectivity index (χ0) is 14.0. The minimum atomic E-state index is -0.554. The molecule has 19 heavy (non-hydrogen) atoms. The molecule has 2 atom stereocenters. The predicted molar refractivity (Wildman–Crippen MR) is 68.7 cm³/mol. The Kier molecular flexibility index (Phi) is 4.39. The van der Waals surface area contributed by atoms with Crippen LogP contribution in [0.2, 0.25) is 5.02 Å². The number of amides is 1. The fourth-order valence-corrected chi connectivity index (χ4v) is 2.19. The molecule has 6 heteroatoms. The average Bonchev–Trinajstić information content (AvgIpc) is 2.41. The highest BCUT2D eigenvalue weighted by Gasteiger charge is 2.30. The Labute approximate surface area is 115 Å². The summed E-state index contributed by atoms with van der Waals surface area (Å²) in [6, 6.07) is 3.79. The van der Waals surface area contributed by atoms with Gasteiger partial charge in [0, 0.05) is 12.1 Å². The van der Waals surface area contributed by atoms with E-state index in [-0.39, 0.29) is 29.7 Å². The van der Waals surface area contributed by atoms with Crippen LogP contribution in [0.4, 0.5) is 4.39 Å². The average molecular weight is 288 g/mol. The topological polar surface area (TPSA) is 49.8 Å². The van der Waals surface area contributed by atoms with Crippen LogP contribution in [-0.2, 0) is 4.74 Å². The third-order valence-corrected chi connectivity index (χ3v) is 3.43. The van der Waals surface area contributed by atoms with E-state index in [9.17, 15) is 9.18 Å². The van der Waals surface area contributed by atoms with E-state index in [0.717, 1.165) is 0 Å². The number of aliphatic hydroxyl groups excluding tert-OH is 1. The first kappa shape index (κ1) is 14.2. The van der Waals surface area contributed by atoms with Gasteiger partial charge in [0.1, 0.15) is 5.82 Å². The van der Waals surface area contributed by atoms with Gasteiger partial charge in [-0.3, -0.25) is 4.79 Å². The Morgan fingerprint density at radius 2 is 2.37 bits per heavy atom. The number of halogens is 2. The summed E-state index contributed by atoms with van der Waals surface area (Å²) in [5.41, 5.74) is 0.330. The molecule has 104 valence electrons. The number of aliphatic hydroxyl groups is 1. The van der Waals surface area contributed by atoms with Crippen molar-refractivity contribution >= 4 is 17.5 Å². The molecule has 1 aromatic carbocycles. The van der Waals surface area contributed by atoms with Gasteiger partial charge in [-0.2, -0.15) is 0 Å². The molecule has 0 unspecified atom stereocenters. The van der Waals surface area contributed by atoms with E-state index in [1.165, 1.54) is 18.2 Å². The first-order valence-corrected chi connectivity index (χ1v) is 6.39. The minimum absolute atomic E-state index is 0.0783. The van der Waals surface area contributed by atoms with Crippen LogP contribution in [0.3, 0.4) is 0 Å². The third kappa shape index (κ3) is 3.05. The van der Waals surface area contributed by atoms with Crippen molar-refractivity contribution in [2.45, 2.75) is 19.1 Å². The lowest BCUT2D eigenvalue weighted by atomic mass is 10.1. The minimum Gasteiger partial charge on any atom is -0.394 e. The quantitative estimate of drug-likeness (QED) is 0.901. The van der Waals surface area contributed by atoms with Gasteiger partial charge in [-0.25, -0.2) is 4.39 Å². The van der Waals surface area contributed by atoms with Crippen molar-refractivity contribution in [3.8, 4) is 0 Å². The van der Waals surface area contributed by atoms with Crippen LogP contribution in [0, 0.1) is 5.82 Å². The Morgan fingerprint density at radius 3 is 3.00 bits per heavy atom. The summed E-state index contributed by atoms with van der Waals surface area (Å²) in [7, 11) is 0. The highest BCUT2D eigenvalue weighted by atomic mass is 35.5. The second-order valence-corrected chi connectivity index (χ2v) is 4.98. The number of carbonyl (C=O) groups excluding carboxylic acids is 1. The van der Waals surface area contributed by atoms with Gasteiger partial charge in [0.15, 0.2) is 0 Å². The molecule has 1 amide bonds. The maximum Gasteiger partial charge on any atom is 0.254 e. The molecule has 1 fully saturated rings. The van der Waals surface area contributed by atoms with Gasteiger partial charge < -0.3 is 14.7 Å². The summed E-state index contributed by atoms with van der Waals surface area (Å²) >= 11 is 5.68. The summed E-state index contributed by atoms with van der Waals surface area (Å²) in [5, 5.41) is 9.02. The van der Waals surface area contributed by atoms with E-state index in [1.807, 2.05) is 6.92 Å². The summed E-state index contributed by atoms with van der Waals surface area (Å²) in [6.07, 6.45) is -0.379. The van der Waals surface area contributed by atoms with Crippen LogP contribution in [0.1, 0.15) is 17.3 Å². The van der Waals surface area contributed by atoms with Crippen LogP contribution in [0.25, 0.3) is 0 Å². The Bertz CT molecular complexity index is 483. The molecule has 0 radical (unpaired) electrons. The lowest BCUT2D eigenvalue weighted by Gasteiger charge is -2.37. The van der Waals surface area contributed by atoms with Crippen molar-refractivity contribution in [2.75, 3.05) is 19.8 Å². The van der Waals surface area contributed by atoms with E-state index in [0.29, 0.717) is 18.7 Å². The Balaban J connectivity index is 2.19. The van der Waals surface area contributed by atoms with Crippen molar-refractivity contribution in [1.29, 1.82) is 0 Å². The smallest absolute Gasteiger partial charge is 0.254 e. The molecule has 1 saturated heterocycles. The molecule has 1 aliphatic heterocycles. The SMILES string of the molecule is C[C@@H]1CO[C@@H](CO)CN1C(=O)c1ccc(F)c(Cl)c1. The van der Waals surface area contributed by atoms with Crippen molar-refractivity contribution in [1.82, 2.24) is 4.90 Å². The molecule has 4 nitrogen and oxygen atoms in total. The second kappa shape index (κ2) is 5.86. The fraction of sp³-hybridized carbons (Fsp3) is 0.462. The molecule has 0 spiro atoms. The lowest BCUT2D eigenvalue weighted by Crippen LogP contribution is -2.52. The molecule has 0 saturated carbocycles. The molecule has 2 rings (SSSR count). The van der Waals surface area contributed by atoms with Crippen molar-refractivity contribution < 1.29 is 19.0 Å². The van der Waals surface area contributed by atoms with E-state index >= 15 is 0 Å². The van der Waals surface area contributed by atoms with Gasteiger partial charge in [0.25, 0.3) is 5.91 Å². The number of rotatable bonds is 2. The molecule has 0 aromatic heterocycles. The van der Waals surface area contributed by atoms with E-state index < -0.39 is 5.82 Å². The maximum atomic E-state index is 13.1. The highest BCUT2D eigenvalue weighted by Crippen LogP contribution is 2.20. The molecule has 0 aliphatic carbocycles. The molecule has 1 heterocycles. The first-order valence-electron chi connectivity index (χ1n) is 6.01.